The van der Waals surface area contributed by atoms with Crippen molar-refractivity contribution < 1.29 is 22.7 Å². The van der Waals surface area contributed by atoms with Crippen LogP contribution in [0, 0.1) is 5.82 Å². The van der Waals surface area contributed by atoms with Crippen LogP contribution in [-0.4, -0.2) is 5.11 Å². The van der Waals surface area contributed by atoms with Crippen molar-refractivity contribution in [3.8, 4) is 0 Å². The predicted molar refractivity (Wildman–Crippen MR) is 71.9 cm³/mol. The molecule has 0 aliphatic rings. The molecule has 0 radical (unpaired) electrons. The van der Waals surface area contributed by atoms with Crippen molar-refractivity contribution in [2.24, 2.45) is 0 Å². The Labute approximate surface area is 127 Å². The number of hydrogen-bond acceptors (Lipinski definition) is 1. The molecule has 0 bridgehead atoms. The Morgan fingerprint density at radius 2 is 1.67 bits per heavy atom. The highest BCUT2D eigenvalue weighted by molar-refractivity contribution is 6.42. The molecule has 0 fully saturated rings. The van der Waals surface area contributed by atoms with Gasteiger partial charge in [0.25, 0.3) is 0 Å². The van der Waals surface area contributed by atoms with Crippen LogP contribution in [0.25, 0.3) is 0 Å². The minimum absolute atomic E-state index is 0.0151. The Morgan fingerprint density at radius 3 is 2.29 bits per heavy atom. The van der Waals surface area contributed by atoms with Crippen molar-refractivity contribution in [2.75, 3.05) is 0 Å². The molecule has 0 aromatic heterocycles. The molecule has 0 heterocycles. The van der Waals surface area contributed by atoms with E-state index in [0.29, 0.717) is 6.07 Å². The molecular weight excluding hydrogens is 331 g/mol. The smallest absolute Gasteiger partial charge is 0.384 e. The molecular formula is C14H8Cl2F4O. The fourth-order valence-electron chi connectivity index (χ4n) is 1.91. The van der Waals surface area contributed by atoms with Gasteiger partial charge in [0.15, 0.2) is 0 Å². The Kier molecular flexibility index (Phi) is 4.46. The highest BCUT2D eigenvalue weighted by Crippen LogP contribution is 2.39. The molecule has 0 saturated heterocycles. The lowest BCUT2D eigenvalue weighted by Gasteiger charge is -2.19. The van der Waals surface area contributed by atoms with Crippen molar-refractivity contribution in [1.82, 2.24) is 0 Å². The van der Waals surface area contributed by atoms with E-state index in [-0.39, 0.29) is 15.6 Å². The molecule has 1 unspecified atom stereocenters. The lowest BCUT2D eigenvalue weighted by atomic mass is 9.96. The number of alkyl halides is 3. The van der Waals surface area contributed by atoms with Crippen molar-refractivity contribution in [2.45, 2.75) is 12.3 Å². The van der Waals surface area contributed by atoms with E-state index < -0.39 is 29.2 Å². The summed E-state index contributed by atoms with van der Waals surface area (Å²) in [5.74, 6) is -1.05. The van der Waals surface area contributed by atoms with Crippen LogP contribution in [0.5, 0.6) is 0 Å². The van der Waals surface area contributed by atoms with Gasteiger partial charge < -0.3 is 5.11 Å². The predicted octanol–water partition coefficient (Wildman–Crippen LogP) is 5.23. The largest absolute Gasteiger partial charge is 0.416 e. The number of aliphatic hydroxyl groups is 1. The van der Waals surface area contributed by atoms with E-state index in [1.54, 1.807) is 0 Å². The molecule has 0 aliphatic heterocycles. The first-order chi connectivity index (χ1) is 9.71. The van der Waals surface area contributed by atoms with Gasteiger partial charge in [-0.3, -0.25) is 0 Å². The molecule has 21 heavy (non-hydrogen) atoms. The summed E-state index contributed by atoms with van der Waals surface area (Å²) in [4.78, 5) is 0. The maximum atomic E-state index is 13.1. The summed E-state index contributed by atoms with van der Waals surface area (Å²) in [6, 6.07) is 6.28. The van der Waals surface area contributed by atoms with E-state index in [0.717, 1.165) is 12.1 Å². The number of hydrogen-bond donors (Lipinski definition) is 1. The Morgan fingerprint density at radius 1 is 1.00 bits per heavy atom. The topological polar surface area (TPSA) is 20.2 Å². The summed E-state index contributed by atoms with van der Waals surface area (Å²) < 4.78 is 51.9. The van der Waals surface area contributed by atoms with Crippen LogP contribution < -0.4 is 0 Å². The zero-order valence-corrected chi connectivity index (χ0v) is 11.8. The minimum atomic E-state index is -4.80. The van der Waals surface area contributed by atoms with Crippen LogP contribution in [0.15, 0.2) is 36.4 Å². The van der Waals surface area contributed by atoms with Crippen LogP contribution in [0.2, 0.25) is 10.0 Å². The number of rotatable bonds is 2. The monoisotopic (exact) mass is 338 g/mol. The summed E-state index contributed by atoms with van der Waals surface area (Å²) in [6.07, 6.45) is -6.47. The van der Waals surface area contributed by atoms with Crippen molar-refractivity contribution in [3.05, 3.63) is 69.0 Å². The standard InChI is InChI=1S/C14H8Cl2F4O/c15-11-3-1-2-9(12(11)16)13(21)8-5-4-7(17)6-10(8)14(18,19)20/h1-6,13,21H. The zero-order chi connectivity index (χ0) is 15.8. The molecule has 0 spiro atoms. The van der Waals surface area contributed by atoms with Crippen LogP contribution in [0.3, 0.4) is 0 Å². The third kappa shape index (κ3) is 3.31. The number of halogens is 6. The number of benzene rings is 2. The average Bonchev–Trinajstić information content (AvgIpc) is 2.40. The van der Waals surface area contributed by atoms with Crippen LogP contribution >= 0.6 is 23.2 Å². The summed E-state index contributed by atoms with van der Waals surface area (Å²) >= 11 is 11.7. The summed E-state index contributed by atoms with van der Waals surface area (Å²) in [6.45, 7) is 0. The van der Waals surface area contributed by atoms with E-state index in [9.17, 15) is 22.7 Å². The minimum Gasteiger partial charge on any atom is -0.384 e. The van der Waals surface area contributed by atoms with Gasteiger partial charge in [0.05, 0.1) is 15.6 Å². The van der Waals surface area contributed by atoms with Crippen LogP contribution in [0.1, 0.15) is 22.8 Å². The van der Waals surface area contributed by atoms with E-state index in [1.807, 2.05) is 0 Å². The average molecular weight is 339 g/mol. The highest BCUT2D eigenvalue weighted by Gasteiger charge is 2.36. The van der Waals surface area contributed by atoms with E-state index in [2.05, 4.69) is 0 Å². The van der Waals surface area contributed by atoms with Crippen LogP contribution in [0.4, 0.5) is 17.6 Å². The fourth-order valence-corrected chi connectivity index (χ4v) is 2.32. The SMILES string of the molecule is OC(c1ccc(F)cc1C(F)(F)F)c1cccc(Cl)c1Cl. The van der Waals surface area contributed by atoms with Crippen molar-refractivity contribution >= 4 is 23.2 Å². The first-order valence-electron chi connectivity index (χ1n) is 5.70. The highest BCUT2D eigenvalue weighted by atomic mass is 35.5. The van der Waals surface area contributed by atoms with Gasteiger partial charge in [-0.25, -0.2) is 4.39 Å². The summed E-state index contributed by atoms with van der Waals surface area (Å²) in [5.41, 5.74) is -1.74. The van der Waals surface area contributed by atoms with Gasteiger partial charge in [0.2, 0.25) is 0 Å². The third-order valence-corrected chi connectivity index (χ3v) is 3.72. The maximum Gasteiger partial charge on any atom is 0.416 e. The molecule has 112 valence electrons. The van der Waals surface area contributed by atoms with Crippen LogP contribution in [-0.2, 0) is 6.18 Å². The second kappa shape index (κ2) is 5.83. The fraction of sp³-hybridized carbons (Fsp3) is 0.143. The van der Waals surface area contributed by atoms with Gasteiger partial charge in [0.1, 0.15) is 11.9 Å². The van der Waals surface area contributed by atoms with Gasteiger partial charge in [0, 0.05) is 5.56 Å². The molecule has 2 rings (SSSR count). The Bertz CT molecular complexity index is 671. The van der Waals surface area contributed by atoms with E-state index in [1.165, 1.54) is 18.2 Å². The third-order valence-electron chi connectivity index (χ3n) is 2.89. The molecule has 2 aromatic carbocycles. The lowest BCUT2D eigenvalue weighted by Crippen LogP contribution is -2.13. The quantitative estimate of drug-likeness (QED) is 0.743. The zero-order valence-electron chi connectivity index (χ0n) is 10.3. The maximum absolute atomic E-state index is 13.1. The van der Waals surface area contributed by atoms with Gasteiger partial charge in [-0.2, -0.15) is 13.2 Å². The normalized spacial score (nSPS) is 13.3. The molecule has 0 aliphatic carbocycles. The van der Waals surface area contributed by atoms with Gasteiger partial charge in [-0.1, -0.05) is 41.4 Å². The van der Waals surface area contributed by atoms with E-state index in [4.69, 9.17) is 23.2 Å². The molecule has 1 nitrogen and oxygen atoms in total. The first kappa shape index (κ1) is 16.1. The Balaban J connectivity index is 2.59. The molecule has 0 amide bonds. The van der Waals surface area contributed by atoms with E-state index >= 15 is 0 Å². The first-order valence-corrected chi connectivity index (χ1v) is 6.46. The van der Waals surface area contributed by atoms with Gasteiger partial charge in [-0.15, -0.1) is 0 Å². The van der Waals surface area contributed by atoms with Gasteiger partial charge in [-0.05, 0) is 23.8 Å². The number of aliphatic hydroxyl groups excluding tert-OH is 1. The lowest BCUT2D eigenvalue weighted by molar-refractivity contribution is -0.139. The summed E-state index contributed by atoms with van der Waals surface area (Å²) in [5, 5.41) is 10.2. The van der Waals surface area contributed by atoms with Crippen molar-refractivity contribution in [1.29, 1.82) is 0 Å². The molecule has 1 N–H and O–H groups in total. The Hall–Kier alpha value is -1.30. The second-order valence-electron chi connectivity index (χ2n) is 4.27. The molecule has 1 atom stereocenters. The van der Waals surface area contributed by atoms with Crippen molar-refractivity contribution in [3.63, 3.8) is 0 Å². The summed E-state index contributed by atoms with van der Waals surface area (Å²) in [7, 11) is 0. The molecule has 2 aromatic rings. The second-order valence-corrected chi connectivity index (χ2v) is 5.06. The molecule has 0 saturated carbocycles. The molecule has 7 heteroatoms. The van der Waals surface area contributed by atoms with Gasteiger partial charge >= 0.3 is 6.18 Å².